The number of aliphatic hydroxyl groups excluding tert-OH is 1. The van der Waals surface area contributed by atoms with Crippen molar-refractivity contribution in [2.24, 2.45) is 5.41 Å². The quantitative estimate of drug-likeness (QED) is 0.883. The Bertz CT molecular complexity index is 409. The molecule has 1 saturated carbocycles. The molecule has 1 N–H and O–H groups in total. The smallest absolute Gasteiger partial charge is 0.125 e. The molecule has 1 aromatic rings. The second kappa shape index (κ2) is 4.93. The highest BCUT2D eigenvalue weighted by Gasteiger charge is 2.42. The van der Waals surface area contributed by atoms with Crippen LogP contribution in [0.15, 0.2) is 24.3 Å². The molecule has 0 aromatic heterocycles. The first-order valence-electron chi connectivity index (χ1n) is 6.85. The van der Waals surface area contributed by atoms with Crippen molar-refractivity contribution in [3.05, 3.63) is 29.8 Å². The van der Waals surface area contributed by atoms with E-state index in [-0.39, 0.29) is 17.6 Å². The topological polar surface area (TPSA) is 29.5 Å². The minimum absolute atomic E-state index is 0.0303. The fourth-order valence-electron chi connectivity index (χ4n) is 2.67. The Morgan fingerprint density at radius 1 is 1.28 bits per heavy atom. The normalized spacial score (nSPS) is 26.6. The largest absolute Gasteiger partial charge is 0.487 e. The molecule has 2 nitrogen and oxygen atoms in total. The van der Waals surface area contributed by atoms with E-state index in [2.05, 4.69) is 33.8 Å². The monoisotopic (exact) mass is 248 g/mol. The summed E-state index contributed by atoms with van der Waals surface area (Å²) in [5, 5.41) is 10.3. The number of rotatable bonds is 3. The minimum atomic E-state index is -0.377. The summed E-state index contributed by atoms with van der Waals surface area (Å²) in [6, 6.07) is 8.14. The molecule has 2 unspecified atom stereocenters. The Balaban J connectivity index is 2.16. The van der Waals surface area contributed by atoms with Gasteiger partial charge in [-0.05, 0) is 35.8 Å². The summed E-state index contributed by atoms with van der Waals surface area (Å²) >= 11 is 0. The third-order valence-electron chi connectivity index (χ3n) is 4.05. The Morgan fingerprint density at radius 3 is 2.50 bits per heavy atom. The van der Waals surface area contributed by atoms with Gasteiger partial charge in [-0.3, -0.25) is 0 Å². The third kappa shape index (κ3) is 2.54. The summed E-state index contributed by atoms with van der Waals surface area (Å²) in [6.07, 6.45) is 1.50. The molecule has 0 amide bonds. The van der Waals surface area contributed by atoms with Gasteiger partial charge in [0.2, 0.25) is 0 Å². The highest BCUT2D eigenvalue weighted by atomic mass is 16.5. The average molecular weight is 248 g/mol. The lowest BCUT2D eigenvalue weighted by molar-refractivity contribution is 0.00450. The van der Waals surface area contributed by atoms with Crippen LogP contribution in [0.2, 0.25) is 0 Å². The average Bonchev–Trinajstić information content (AvgIpc) is 2.57. The van der Waals surface area contributed by atoms with Crippen molar-refractivity contribution in [3.8, 4) is 5.75 Å². The van der Waals surface area contributed by atoms with Gasteiger partial charge in [0.05, 0.1) is 6.10 Å². The van der Waals surface area contributed by atoms with Crippen LogP contribution >= 0.6 is 0 Å². The lowest BCUT2D eigenvalue weighted by Crippen LogP contribution is -2.34. The van der Waals surface area contributed by atoms with Gasteiger partial charge in [-0.15, -0.1) is 0 Å². The highest BCUT2D eigenvalue weighted by molar-refractivity contribution is 5.35. The van der Waals surface area contributed by atoms with Gasteiger partial charge < -0.3 is 9.84 Å². The highest BCUT2D eigenvalue weighted by Crippen LogP contribution is 2.40. The Hall–Kier alpha value is -1.02. The van der Waals surface area contributed by atoms with Gasteiger partial charge >= 0.3 is 0 Å². The molecule has 1 aliphatic carbocycles. The Morgan fingerprint density at radius 2 is 1.94 bits per heavy atom. The van der Waals surface area contributed by atoms with Gasteiger partial charge in [-0.2, -0.15) is 0 Å². The number of hydrogen-bond donors (Lipinski definition) is 1. The summed E-state index contributed by atoms with van der Waals surface area (Å²) < 4.78 is 6.07. The molecule has 2 heteroatoms. The van der Waals surface area contributed by atoms with Crippen LogP contribution in [0.5, 0.6) is 5.75 Å². The van der Waals surface area contributed by atoms with Crippen LogP contribution in [0.4, 0.5) is 0 Å². The van der Waals surface area contributed by atoms with Crippen LogP contribution in [-0.4, -0.2) is 17.3 Å². The lowest BCUT2D eigenvalue weighted by atomic mass is 9.89. The SMILES string of the molecule is CC(C)c1ccccc1OC1CCC(C)(C)C1O. The number of benzene rings is 1. The van der Waals surface area contributed by atoms with Gasteiger partial charge in [-0.25, -0.2) is 0 Å². The summed E-state index contributed by atoms with van der Waals surface area (Å²) in [4.78, 5) is 0. The van der Waals surface area contributed by atoms with Crippen LogP contribution in [-0.2, 0) is 0 Å². The van der Waals surface area contributed by atoms with Gasteiger partial charge in [-0.1, -0.05) is 45.9 Å². The Kier molecular flexibility index (Phi) is 3.67. The standard InChI is InChI=1S/C16H24O2/c1-11(2)12-7-5-6-8-13(12)18-14-9-10-16(3,4)15(14)17/h5-8,11,14-15,17H,9-10H2,1-4H3. The molecule has 0 bridgehead atoms. The van der Waals surface area contributed by atoms with E-state index in [9.17, 15) is 5.11 Å². The zero-order valence-corrected chi connectivity index (χ0v) is 11.8. The van der Waals surface area contributed by atoms with Crippen molar-refractivity contribution in [2.45, 2.75) is 58.7 Å². The zero-order chi connectivity index (χ0) is 13.3. The maximum absolute atomic E-state index is 10.3. The first kappa shape index (κ1) is 13.4. The van der Waals surface area contributed by atoms with Crippen molar-refractivity contribution < 1.29 is 9.84 Å². The van der Waals surface area contributed by atoms with Crippen LogP contribution < -0.4 is 4.74 Å². The predicted molar refractivity (Wildman–Crippen MR) is 74.0 cm³/mol. The number of aliphatic hydroxyl groups is 1. The molecule has 0 spiro atoms. The van der Waals surface area contributed by atoms with Crippen molar-refractivity contribution in [1.29, 1.82) is 0 Å². The molecule has 2 atom stereocenters. The van der Waals surface area contributed by atoms with Gasteiger partial charge in [0, 0.05) is 0 Å². The maximum Gasteiger partial charge on any atom is 0.125 e. The molecule has 18 heavy (non-hydrogen) atoms. The summed E-state index contributed by atoms with van der Waals surface area (Å²) in [5.74, 6) is 1.36. The second-order valence-corrected chi connectivity index (χ2v) is 6.32. The number of para-hydroxylation sites is 1. The van der Waals surface area contributed by atoms with E-state index in [1.54, 1.807) is 0 Å². The first-order chi connectivity index (χ1) is 8.42. The van der Waals surface area contributed by atoms with E-state index in [1.807, 2.05) is 18.2 Å². The lowest BCUT2D eigenvalue weighted by Gasteiger charge is -2.26. The van der Waals surface area contributed by atoms with Crippen molar-refractivity contribution in [2.75, 3.05) is 0 Å². The molecule has 1 fully saturated rings. The molecule has 1 aliphatic rings. The van der Waals surface area contributed by atoms with Crippen molar-refractivity contribution >= 4 is 0 Å². The van der Waals surface area contributed by atoms with E-state index in [0.29, 0.717) is 5.92 Å². The van der Waals surface area contributed by atoms with E-state index < -0.39 is 0 Å². The maximum atomic E-state index is 10.3. The van der Waals surface area contributed by atoms with E-state index in [1.165, 1.54) is 5.56 Å². The molecule has 0 aliphatic heterocycles. The summed E-state index contributed by atoms with van der Waals surface area (Å²) in [5.41, 5.74) is 1.19. The number of ether oxygens (including phenoxy) is 1. The number of hydrogen-bond acceptors (Lipinski definition) is 2. The minimum Gasteiger partial charge on any atom is -0.487 e. The molecular formula is C16H24O2. The fourth-order valence-corrected chi connectivity index (χ4v) is 2.67. The van der Waals surface area contributed by atoms with E-state index in [0.717, 1.165) is 18.6 Å². The molecule has 2 rings (SSSR count). The molecule has 0 radical (unpaired) electrons. The third-order valence-corrected chi connectivity index (χ3v) is 4.05. The zero-order valence-electron chi connectivity index (χ0n) is 11.8. The molecule has 0 saturated heterocycles. The molecule has 100 valence electrons. The van der Waals surface area contributed by atoms with E-state index >= 15 is 0 Å². The first-order valence-corrected chi connectivity index (χ1v) is 6.85. The van der Waals surface area contributed by atoms with Gasteiger partial charge in [0.15, 0.2) is 0 Å². The predicted octanol–water partition coefficient (Wildman–Crippen LogP) is 3.74. The van der Waals surface area contributed by atoms with Crippen LogP contribution in [0.3, 0.4) is 0 Å². The van der Waals surface area contributed by atoms with Crippen molar-refractivity contribution in [3.63, 3.8) is 0 Å². The summed E-state index contributed by atoms with van der Waals surface area (Å²) in [7, 11) is 0. The molecule has 0 heterocycles. The van der Waals surface area contributed by atoms with Gasteiger partial charge in [0.25, 0.3) is 0 Å². The fraction of sp³-hybridized carbons (Fsp3) is 0.625. The van der Waals surface area contributed by atoms with Gasteiger partial charge in [0.1, 0.15) is 11.9 Å². The Labute approximate surface area is 110 Å². The summed E-state index contributed by atoms with van der Waals surface area (Å²) in [6.45, 7) is 8.54. The molecule has 1 aromatic carbocycles. The van der Waals surface area contributed by atoms with Crippen LogP contribution in [0, 0.1) is 5.41 Å². The molecular weight excluding hydrogens is 224 g/mol. The van der Waals surface area contributed by atoms with Crippen molar-refractivity contribution in [1.82, 2.24) is 0 Å². The van der Waals surface area contributed by atoms with Crippen LogP contribution in [0.25, 0.3) is 0 Å². The van der Waals surface area contributed by atoms with Crippen LogP contribution in [0.1, 0.15) is 52.0 Å². The van der Waals surface area contributed by atoms with E-state index in [4.69, 9.17) is 4.74 Å². The second-order valence-electron chi connectivity index (χ2n) is 6.32.